The van der Waals surface area contributed by atoms with E-state index in [9.17, 15) is 0 Å². The number of nitrogens with two attached hydrogens (primary N) is 1. The van der Waals surface area contributed by atoms with Crippen molar-refractivity contribution >= 4 is 0 Å². The van der Waals surface area contributed by atoms with Crippen molar-refractivity contribution in [1.29, 1.82) is 0 Å². The fourth-order valence-electron chi connectivity index (χ4n) is 2.65. The summed E-state index contributed by atoms with van der Waals surface area (Å²) in [5, 5.41) is 0. The van der Waals surface area contributed by atoms with E-state index < -0.39 is 0 Å². The Kier molecular flexibility index (Phi) is 7.20. The molecule has 1 heterocycles. The Hall–Kier alpha value is -0.120. The van der Waals surface area contributed by atoms with Crippen LogP contribution in [0.1, 0.15) is 52.9 Å². The number of hydrogen-bond acceptors (Lipinski definition) is 3. The molecule has 0 aliphatic carbocycles. The molecule has 0 bridgehead atoms. The molecular formula is C15H32N2O. The predicted molar refractivity (Wildman–Crippen MR) is 77.7 cm³/mol. The highest BCUT2D eigenvalue weighted by molar-refractivity contribution is 4.79. The van der Waals surface area contributed by atoms with E-state index in [0.717, 1.165) is 19.6 Å². The minimum Gasteiger partial charge on any atom is -0.378 e. The molecule has 1 aliphatic rings. The second-order valence-electron chi connectivity index (χ2n) is 6.14. The summed E-state index contributed by atoms with van der Waals surface area (Å²) in [5.41, 5.74) is 6.12. The Balaban J connectivity index is 2.30. The first-order valence-corrected chi connectivity index (χ1v) is 7.62. The molecule has 1 rings (SSSR count). The van der Waals surface area contributed by atoms with Crippen molar-refractivity contribution in [2.24, 2.45) is 11.7 Å². The summed E-state index contributed by atoms with van der Waals surface area (Å²) in [6.07, 6.45) is 6.38. The van der Waals surface area contributed by atoms with Gasteiger partial charge in [-0.15, -0.1) is 0 Å². The lowest BCUT2D eigenvalue weighted by molar-refractivity contribution is -0.0262. The zero-order chi connectivity index (χ0) is 13.5. The van der Waals surface area contributed by atoms with Gasteiger partial charge in [0.2, 0.25) is 0 Å². The van der Waals surface area contributed by atoms with E-state index in [1.807, 2.05) is 0 Å². The van der Waals surface area contributed by atoms with Gasteiger partial charge >= 0.3 is 0 Å². The third kappa shape index (κ3) is 5.25. The molecule has 1 fully saturated rings. The number of nitrogens with zero attached hydrogens (tertiary/aromatic N) is 1. The van der Waals surface area contributed by atoms with Crippen LogP contribution in [0.25, 0.3) is 0 Å². The van der Waals surface area contributed by atoms with Crippen LogP contribution in [0.5, 0.6) is 0 Å². The quantitative estimate of drug-likeness (QED) is 0.761. The molecule has 0 spiro atoms. The van der Waals surface area contributed by atoms with Gasteiger partial charge in [0, 0.05) is 18.7 Å². The van der Waals surface area contributed by atoms with Gasteiger partial charge in [0.05, 0.1) is 6.10 Å². The van der Waals surface area contributed by atoms with E-state index >= 15 is 0 Å². The number of ether oxygens (including phenoxy) is 1. The summed E-state index contributed by atoms with van der Waals surface area (Å²) in [4.78, 5) is 2.49. The third-order valence-electron chi connectivity index (χ3n) is 4.25. The van der Waals surface area contributed by atoms with E-state index in [4.69, 9.17) is 10.5 Å². The first-order valence-electron chi connectivity index (χ1n) is 7.62. The molecule has 0 radical (unpaired) electrons. The van der Waals surface area contributed by atoms with Gasteiger partial charge in [0.15, 0.2) is 0 Å². The fraction of sp³-hybridized carbons (Fsp3) is 1.00. The largest absolute Gasteiger partial charge is 0.378 e. The molecule has 3 unspecified atom stereocenters. The molecule has 108 valence electrons. The van der Waals surface area contributed by atoms with Crippen molar-refractivity contribution in [3.63, 3.8) is 0 Å². The van der Waals surface area contributed by atoms with E-state index in [-0.39, 0.29) is 0 Å². The molecule has 3 nitrogen and oxygen atoms in total. The smallest absolute Gasteiger partial charge is 0.0590 e. The normalized spacial score (nSPS) is 26.8. The molecule has 18 heavy (non-hydrogen) atoms. The maximum Gasteiger partial charge on any atom is 0.0590 e. The predicted octanol–water partition coefficient (Wildman–Crippen LogP) is 2.64. The SMILES string of the molecule is CCCC1CC(N(C)CCC(N)C(C)C)CCO1. The van der Waals surface area contributed by atoms with Gasteiger partial charge < -0.3 is 15.4 Å². The standard InChI is InChI=1S/C15H32N2O/c1-5-6-14-11-13(8-10-18-14)17(4)9-7-15(16)12(2)3/h12-15H,5-11,16H2,1-4H3. The number of hydrogen-bond donors (Lipinski definition) is 1. The van der Waals surface area contributed by atoms with Gasteiger partial charge in [0.25, 0.3) is 0 Å². The minimum atomic E-state index is 0.332. The van der Waals surface area contributed by atoms with Crippen molar-refractivity contribution < 1.29 is 4.74 Å². The summed E-state index contributed by atoms with van der Waals surface area (Å²) in [6, 6.07) is 1.02. The van der Waals surface area contributed by atoms with Crippen LogP contribution in [-0.4, -0.2) is 43.3 Å². The Morgan fingerprint density at radius 3 is 2.72 bits per heavy atom. The average molecular weight is 256 g/mol. The maximum absolute atomic E-state index is 6.12. The molecule has 1 aliphatic heterocycles. The molecule has 0 saturated carbocycles. The Morgan fingerprint density at radius 1 is 1.39 bits per heavy atom. The van der Waals surface area contributed by atoms with Crippen molar-refractivity contribution in [1.82, 2.24) is 4.90 Å². The highest BCUT2D eigenvalue weighted by Crippen LogP contribution is 2.21. The Labute approximate surface area is 113 Å². The Morgan fingerprint density at radius 2 is 2.11 bits per heavy atom. The lowest BCUT2D eigenvalue weighted by Crippen LogP contribution is -2.42. The zero-order valence-corrected chi connectivity index (χ0v) is 12.7. The second kappa shape index (κ2) is 8.13. The second-order valence-corrected chi connectivity index (χ2v) is 6.14. The topological polar surface area (TPSA) is 38.5 Å². The molecule has 1 saturated heterocycles. The van der Waals surface area contributed by atoms with E-state index in [2.05, 4.69) is 32.7 Å². The maximum atomic E-state index is 6.12. The van der Waals surface area contributed by atoms with Crippen molar-refractivity contribution in [3.8, 4) is 0 Å². The van der Waals surface area contributed by atoms with Crippen LogP contribution in [0.2, 0.25) is 0 Å². The van der Waals surface area contributed by atoms with E-state index in [1.165, 1.54) is 25.7 Å². The van der Waals surface area contributed by atoms with Gasteiger partial charge in [0.1, 0.15) is 0 Å². The Bertz CT molecular complexity index is 219. The highest BCUT2D eigenvalue weighted by Gasteiger charge is 2.25. The first kappa shape index (κ1) is 15.9. The third-order valence-corrected chi connectivity index (χ3v) is 4.25. The van der Waals surface area contributed by atoms with Crippen LogP contribution < -0.4 is 5.73 Å². The molecular weight excluding hydrogens is 224 g/mol. The monoisotopic (exact) mass is 256 g/mol. The van der Waals surface area contributed by atoms with Crippen LogP contribution in [0.4, 0.5) is 0 Å². The summed E-state index contributed by atoms with van der Waals surface area (Å²) in [6.45, 7) is 8.68. The first-order chi connectivity index (χ1) is 8.54. The van der Waals surface area contributed by atoms with Gasteiger partial charge in [-0.1, -0.05) is 27.2 Å². The van der Waals surface area contributed by atoms with Crippen molar-refractivity contribution in [2.45, 2.75) is 71.1 Å². The number of rotatable bonds is 7. The summed E-state index contributed by atoms with van der Waals surface area (Å²) in [5.74, 6) is 0.584. The average Bonchev–Trinajstić information content (AvgIpc) is 2.36. The van der Waals surface area contributed by atoms with Crippen molar-refractivity contribution in [3.05, 3.63) is 0 Å². The lowest BCUT2D eigenvalue weighted by atomic mass is 9.97. The van der Waals surface area contributed by atoms with Crippen LogP contribution in [0.3, 0.4) is 0 Å². The van der Waals surface area contributed by atoms with Gasteiger partial charge in [-0.25, -0.2) is 0 Å². The molecule has 0 aromatic carbocycles. The van der Waals surface area contributed by atoms with Gasteiger partial charge in [-0.3, -0.25) is 0 Å². The summed E-state index contributed by atoms with van der Waals surface area (Å²) < 4.78 is 5.81. The van der Waals surface area contributed by atoms with Crippen LogP contribution in [0, 0.1) is 5.92 Å². The molecule has 0 aromatic rings. The molecule has 0 amide bonds. The summed E-state index contributed by atoms with van der Waals surface area (Å²) >= 11 is 0. The minimum absolute atomic E-state index is 0.332. The van der Waals surface area contributed by atoms with Gasteiger partial charge in [-0.05, 0) is 45.2 Å². The molecule has 3 atom stereocenters. The lowest BCUT2D eigenvalue weighted by Gasteiger charge is -2.36. The highest BCUT2D eigenvalue weighted by atomic mass is 16.5. The molecule has 0 aromatic heterocycles. The van der Waals surface area contributed by atoms with Gasteiger partial charge in [-0.2, -0.15) is 0 Å². The summed E-state index contributed by atoms with van der Waals surface area (Å²) in [7, 11) is 2.24. The van der Waals surface area contributed by atoms with Crippen LogP contribution >= 0.6 is 0 Å². The molecule has 3 heteroatoms. The molecule has 2 N–H and O–H groups in total. The van der Waals surface area contributed by atoms with E-state index in [0.29, 0.717) is 24.1 Å². The zero-order valence-electron chi connectivity index (χ0n) is 12.7. The van der Waals surface area contributed by atoms with E-state index in [1.54, 1.807) is 0 Å². The van der Waals surface area contributed by atoms with Crippen LogP contribution in [0.15, 0.2) is 0 Å². The fourth-order valence-corrected chi connectivity index (χ4v) is 2.65. The van der Waals surface area contributed by atoms with Crippen molar-refractivity contribution in [2.75, 3.05) is 20.2 Å². The van der Waals surface area contributed by atoms with Crippen LogP contribution in [-0.2, 0) is 4.74 Å².